The molecule has 0 atom stereocenters. The van der Waals surface area contributed by atoms with E-state index in [1.165, 1.54) is 4.90 Å². The summed E-state index contributed by atoms with van der Waals surface area (Å²) in [6, 6.07) is 6.78. The van der Waals surface area contributed by atoms with Gasteiger partial charge in [-0.3, -0.25) is 9.69 Å². The van der Waals surface area contributed by atoms with Crippen LogP contribution in [0.1, 0.15) is 31.1 Å². The number of anilines is 1. The van der Waals surface area contributed by atoms with Crippen molar-refractivity contribution in [1.82, 2.24) is 0 Å². The van der Waals surface area contributed by atoms with Crippen LogP contribution in [0, 0.1) is 0 Å². The number of ether oxygens (including phenoxy) is 1. The van der Waals surface area contributed by atoms with E-state index in [1.807, 2.05) is 0 Å². The summed E-state index contributed by atoms with van der Waals surface area (Å²) in [5, 5.41) is 0. The molecule has 0 radical (unpaired) electrons. The lowest BCUT2D eigenvalue weighted by molar-refractivity contribution is 0.0589. The molecular formula is C13H17NO3. The summed E-state index contributed by atoms with van der Waals surface area (Å²) >= 11 is 0. The van der Waals surface area contributed by atoms with Crippen LogP contribution in [-0.2, 0) is 4.74 Å². The standard InChI is InChI=1S/C13H17NO3/c1-13(2,3)17-12(16)14(4)11-7-5-6-10(8-11)9-15/h5-9H,1-4H3. The molecule has 1 aromatic rings. The average Bonchev–Trinajstić information content (AvgIpc) is 2.26. The van der Waals surface area contributed by atoms with Gasteiger partial charge in [-0.25, -0.2) is 4.79 Å². The number of benzene rings is 1. The Bertz CT molecular complexity index is 421. The minimum atomic E-state index is -0.534. The van der Waals surface area contributed by atoms with Gasteiger partial charge in [0, 0.05) is 18.3 Å². The maximum absolute atomic E-state index is 11.8. The molecule has 17 heavy (non-hydrogen) atoms. The molecule has 0 spiro atoms. The van der Waals surface area contributed by atoms with Gasteiger partial charge in [0.15, 0.2) is 0 Å². The van der Waals surface area contributed by atoms with Gasteiger partial charge in [-0.2, -0.15) is 0 Å². The maximum atomic E-state index is 11.8. The first-order valence-electron chi connectivity index (χ1n) is 5.35. The van der Waals surface area contributed by atoms with E-state index in [0.29, 0.717) is 11.3 Å². The van der Waals surface area contributed by atoms with Crippen LogP contribution in [0.15, 0.2) is 24.3 Å². The van der Waals surface area contributed by atoms with Crippen molar-refractivity contribution in [2.24, 2.45) is 0 Å². The van der Waals surface area contributed by atoms with Gasteiger partial charge in [0.05, 0.1) is 0 Å². The monoisotopic (exact) mass is 235 g/mol. The molecule has 1 aromatic carbocycles. The third kappa shape index (κ3) is 3.90. The molecule has 0 saturated heterocycles. The van der Waals surface area contributed by atoms with Crippen LogP contribution in [0.5, 0.6) is 0 Å². The minimum Gasteiger partial charge on any atom is -0.443 e. The quantitative estimate of drug-likeness (QED) is 0.740. The summed E-state index contributed by atoms with van der Waals surface area (Å²) < 4.78 is 5.23. The molecule has 0 saturated carbocycles. The summed E-state index contributed by atoms with van der Waals surface area (Å²) in [6.07, 6.45) is 0.299. The fourth-order valence-corrected chi connectivity index (χ4v) is 1.24. The number of carbonyl (C=O) groups is 2. The Hall–Kier alpha value is -1.84. The minimum absolute atomic E-state index is 0.444. The molecule has 0 unspecified atom stereocenters. The van der Waals surface area contributed by atoms with Crippen molar-refractivity contribution in [1.29, 1.82) is 0 Å². The topological polar surface area (TPSA) is 46.6 Å². The fourth-order valence-electron chi connectivity index (χ4n) is 1.24. The molecule has 4 nitrogen and oxygen atoms in total. The van der Waals surface area contributed by atoms with Crippen LogP contribution in [0.2, 0.25) is 0 Å². The maximum Gasteiger partial charge on any atom is 0.414 e. The highest BCUT2D eigenvalue weighted by atomic mass is 16.6. The van der Waals surface area contributed by atoms with E-state index in [2.05, 4.69) is 0 Å². The van der Waals surface area contributed by atoms with Gasteiger partial charge in [-0.1, -0.05) is 12.1 Å². The highest BCUT2D eigenvalue weighted by Gasteiger charge is 2.20. The second kappa shape index (κ2) is 4.99. The summed E-state index contributed by atoms with van der Waals surface area (Å²) in [5.41, 5.74) is 0.620. The van der Waals surface area contributed by atoms with Crippen LogP contribution in [-0.4, -0.2) is 25.0 Å². The van der Waals surface area contributed by atoms with Crippen LogP contribution in [0.4, 0.5) is 10.5 Å². The molecule has 0 aliphatic rings. The van der Waals surface area contributed by atoms with Gasteiger partial charge < -0.3 is 4.74 Å². The van der Waals surface area contributed by atoms with Crippen LogP contribution >= 0.6 is 0 Å². The lowest BCUT2D eigenvalue weighted by Crippen LogP contribution is -2.34. The van der Waals surface area contributed by atoms with Gasteiger partial charge in [-0.15, -0.1) is 0 Å². The van der Waals surface area contributed by atoms with Gasteiger partial charge in [-0.05, 0) is 32.9 Å². The molecule has 1 amide bonds. The largest absolute Gasteiger partial charge is 0.443 e. The molecule has 0 fully saturated rings. The summed E-state index contributed by atoms with van der Waals surface area (Å²) in [4.78, 5) is 23.8. The van der Waals surface area contributed by atoms with Crippen molar-refractivity contribution in [2.45, 2.75) is 26.4 Å². The van der Waals surface area contributed by atoms with Crippen LogP contribution in [0.25, 0.3) is 0 Å². The second-order valence-electron chi connectivity index (χ2n) is 4.75. The molecule has 0 aliphatic heterocycles. The van der Waals surface area contributed by atoms with E-state index < -0.39 is 11.7 Å². The molecule has 0 bridgehead atoms. The number of amides is 1. The van der Waals surface area contributed by atoms with Crippen molar-refractivity contribution < 1.29 is 14.3 Å². The zero-order chi connectivity index (χ0) is 13.1. The number of rotatable bonds is 2. The van der Waals surface area contributed by atoms with E-state index in [9.17, 15) is 9.59 Å². The molecule has 0 N–H and O–H groups in total. The third-order valence-electron chi connectivity index (χ3n) is 2.06. The Morgan fingerprint density at radius 3 is 2.53 bits per heavy atom. The van der Waals surface area contributed by atoms with Crippen molar-refractivity contribution >= 4 is 18.1 Å². The lowest BCUT2D eigenvalue weighted by atomic mass is 10.2. The molecular weight excluding hydrogens is 218 g/mol. The van der Waals surface area contributed by atoms with Crippen LogP contribution < -0.4 is 4.90 Å². The molecule has 92 valence electrons. The van der Waals surface area contributed by atoms with Crippen LogP contribution in [0.3, 0.4) is 0 Å². The van der Waals surface area contributed by atoms with Gasteiger partial charge in [0.2, 0.25) is 0 Å². The van der Waals surface area contributed by atoms with Crippen molar-refractivity contribution in [3.8, 4) is 0 Å². The number of nitrogens with zero attached hydrogens (tertiary/aromatic N) is 1. The second-order valence-corrected chi connectivity index (χ2v) is 4.75. The summed E-state index contributed by atoms with van der Waals surface area (Å²) in [7, 11) is 1.61. The normalized spacial score (nSPS) is 10.8. The number of hydrogen-bond donors (Lipinski definition) is 0. The summed E-state index contributed by atoms with van der Waals surface area (Å²) in [6.45, 7) is 5.42. The van der Waals surface area contributed by atoms with E-state index in [0.717, 1.165) is 6.29 Å². The molecule has 0 aromatic heterocycles. The number of aldehydes is 1. The smallest absolute Gasteiger partial charge is 0.414 e. The Labute approximate surface area is 101 Å². The average molecular weight is 235 g/mol. The van der Waals surface area contributed by atoms with Gasteiger partial charge in [0.1, 0.15) is 11.9 Å². The van der Waals surface area contributed by atoms with Gasteiger partial charge >= 0.3 is 6.09 Å². The van der Waals surface area contributed by atoms with E-state index >= 15 is 0 Å². The zero-order valence-electron chi connectivity index (χ0n) is 10.6. The third-order valence-corrected chi connectivity index (χ3v) is 2.06. The Kier molecular flexibility index (Phi) is 3.89. The van der Waals surface area contributed by atoms with E-state index in [1.54, 1.807) is 52.1 Å². The summed E-state index contributed by atoms with van der Waals surface area (Å²) in [5.74, 6) is 0. The number of hydrogen-bond acceptors (Lipinski definition) is 3. The first-order chi connectivity index (χ1) is 7.83. The SMILES string of the molecule is CN(C(=O)OC(C)(C)C)c1cccc(C=O)c1. The van der Waals surface area contributed by atoms with E-state index in [-0.39, 0.29) is 0 Å². The first kappa shape index (κ1) is 13.2. The predicted molar refractivity (Wildman–Crippen MR) is 66.5 cm³/mol. The predicted octanol–water partition coefficient (Wildman–Crippen LogP) is 2.87. The van der Waals surface area contributed by atoms with Gasteiger partial charge in [0.25, 0.3) is 0 Å². The van der Waals surface area contributed by atoms with E-state index in [4.69, 9.17) is 4.74 Å². The Balaban J connectivity index is 2.84. The highest BCUT2D eigenvalue weighted by molar-refractivity contribution is 5.88. The highest BCUT2D eigenvalue weighted by Crippen LogP contribution is 2.17. The molecule has 0 heterocycles. The molecule has 0 aliphatic carbocycles. The lowest BCUT2D eigenvalue weighted by Gasteiger charge is -2.24. The first-order valence-corrected chi connectivity index (χ1v) is 5.35. The van der Waals surface area contributed by atoms with Crippen molar-refractivity contribution in [3.05, 3.63) is 29.8 Å². The molecule has 4 heteroatoms. The van der Waals surface area contributed by atoms with Crippen molar-refractivity contribution in [2.75, 3.05) is 11.9 Å². The number of carbonyl (C=O) groups excluding carboxylic acids is 2. The van der Waals surface area contributed by atoms with Crippen molar-refractivity contribution in [3.63, 3.8) is 0 Å². The Morgan fingerprint density at radius 2 is 2.00 bits per heavy atom. The molecule has 1 rings (SSSR count). The zero-order valence-corrected chi connectivity index (χ0v) is 10.6. The Morgan fingerprint density at radius 1 is 1.35 bits per heavy atom. The fraction of sp³-hybridized carbons (Fsp3) is 0.385.